The number of nitrogens with zero attached hydrogens (tertiary/aromatic N) is 3. The average Bonchev–Trinajstić information content (AvgIpc) is 2.86. The van der Waals surface area contributed by atoms with Crippen LogP contribution in [0.4, 0.5) is 0 Å². The molecule has 118 valence electrons. The molecule has 0 aromatic heterocycles. The number of rotatable bonds is 5. The van der Waals surface area contributed by atoms with E-state index in [2.05, 4.69) is 4.90 Å². The molecule has 0 spiro atoms. The minimum absolute atomic E-state index is 0.0191. The third kappa shape index (κ3) is 3.33. The van der Waals surface area contributed by atoms with Gasteiger partial charge < -0.3 is 10.6 Å². The first-order chi connectivity index (χ1) is 9.46. The molecular weight excluding hydrogens is 276 g/mol. The molecule has 2 saturated heterocycles. The van der Waals surface area contributed by atoms with Crippen LogP contribution >= 0.6 is 0 Å². The first-order valence-electron chi connectivity index (χ1n) is 7.60. The summed E-state index contributed by atoms with van der Waals surface area (Å²) in [6.07, 6.45) is 4.83. The van der Waals surface area contributed by atoms with E-state index >= 15 is 0 Å². The Morgan fingerprint density at radius 1 is 1.05 bits per heavy atom. The third-order valence-corrected chi connectivity index (χ3v) is 6.48. The molecule has 7 heteroatoms. The summed E-state index contributed by atoms with van der Waals surface area (Å²) >= 11 is 0. The SMILES string of the molecule is CN(C)CC1CCCN1S(=O)(=O)N1CCCCC1CN. The predicted molar refractivity (Wildman–Crippen MR) is 80.6 cm³/mol. The molecule has 0 amide bonds. The fourth-order valence-corrected chi connectivity index (χ4v) is 5.47. The topological polar surface area (TPSA) is 69.9 Å². The molecule has 2 aliphatic heterocycles. The highest BCUT2D eigenvalue weighted by atomic mass is 32.2. The van der Waals surface area contributed by atoms with Gasteiger partial charge >= 0.3 is 0 Å². The molecule has 2 rings (SSSR count). The van der Waals surface area contributed by atoms with Gasteiger partial charge in [0.2, 0.25) is 0 Å². The quantitative estimate of drug-likeness (QED) is 0.780. The van der Waals surface area contributed by atoms with E-state index in [9.17, 15) is 8.42 Å². The summed E-state index contributed by atoms with van der Waals surface area (Å²) in [7, 11) is 0.628. The lowest BCUT2D eigenvalue weighted by Crippen LogP contribution is -2.55. The lowest BCUT2D eigenvalue weighted by molar-refractivity contribution is 0.221. The maximum Gasteiger partial charge on any atom is 0.282 e. The van der Waals surface area contributed by atoms with Crippen molar-refractivity contribution >= 4 is 10.2 Å². The summed E-state index contributed by atoms with van der Waals surface area (Å²) in [4.78, 5) is 2.06. The minimum atomic E-state index is -3.36. The average molecular weight is 304 g/mol. The van der Waals surface area contributed by atoms with Crippen LogP contribution in [-0.2, 0) is 10.2 Å². The monoisotopic (exact) mass is 304 g/mol. The van der Waals surface area contributed by atoms with Crippen LogP contribution in [0.2, 0.25) is 0 Å². The van der Waals surface area contributed by atoms with Crippen LogP contribution in [0.25, 0.3) is 0 Å². The van der Waals surface area contributed by atoms with E-state index < -0.39 is 10.2 Å². The van der Waals surface area contributed by atoms with Gasteiger partial charge in [0, 0.05) is 38.3 Å². The lowest BCUT2D eigenvalue weighted by atomic mass is 10.1. The summed E-state index contributed by atoms with van der Waals surface area (Å²) in [6.45, 7) is 2.48. The van der Waals surface area contributed by atoms with Crippen molar-refractivity contribution in [1.82, 2.24) is 13.5 Å². The summed E-state index contributed by atoms with van der Waals surface area (Å²) in [5.74, 6) is 0. The van der Waals surface area contributed by atoms with Gasteiger partial charge in [-0.25, -0.2) is 0 Å². The zero-order valence-electron chi connectivity index (χ0n) is 12.7. The Kier molecular flexibility index (Phi) is 5.42. The van der Waals surface area contributed by atoms with Crippen LogP contribution in [-0.4, -0.2) is 74.3 Å². The normalized spacial score (nSPS) is 30.2. The standard InChI is InChI=1S/C13H28N4O2S/c1-15(2)11-13-7-5-9-17(13)20(18,19)16-8-4-3-6-12(16)10-14/h12-13H,3-11,14H2,1-2H3. The summed E-state index contributed by atoms with van der Waals surface area (Å²) in [5, 5.41) is 0. The molecule has 2 unspecified atom stereocenters. The van der Waals surface area contributed by atoms with Crippen LogP contribution in [0.3, 0.4) is 0 Å². The molecule has 2 heterocycles. The third-order valence-electron chi connectivity index (χ3n) is 4.34. The van der Waals surface area contributed by atoms with E-state index in [-0.39, 0.29) is 12.1 Å². The van der Waals surface area contributed by atoms with E-state index in [0.717, 1.165) is 38.6 Å². The van der Waals surface area contributed by atoms with Crippen LogP contribution in [0.15, 0.2) is 0 Å². The molecular formula is C13H28N4O2S. The van der Waals surface area contributed by atoms with E-state index in [1.807, 2.05) is 14.1 Å². The minimum Gasteiger partial charge on any atom is -0.329 e. The predicted octanol–water partition coefficient (Wildman–Crippen LogP) is 0.0704. The van der Waals surface area contributed by atoms with Gasteiger partial charge in [-0.3, -0.25) is 0 Å². The Labute approximate surface area is 123 Å². The molecule has 2 fully saturated rings. The molecule has 0 aliphatic carbocycles. The summed E-state index contributed by atoms with van der Waals surface area (Å²) < 4.78 is 29.2. The Bertz CT molecular complexity index is 413. The van der Waals surface area contributed by atoms with E-state index in [1.54, 1.807) is 8.61 Å². The molecule has 0 radical (unpaired) electrons. The molecule has 0 aromatic carbocycles. The molecule has 0 saturated carbocycles. The van der Waals surface area contributed by atoms with Crippen molar-refractivity contribution in [2.45, 2.75) is 44.2 Å². The Hall–Kier alpha value is -0.210. The molecule has 0 bridgehead atoms. The van der Waals surface area contributed by atoms with Crippen LogP contribution in [0, 0.1) is 0 Å². The molecule has 20 heavy (non-hydrogen) atoms. The molecule has 2 aliphatic rings. The van der Waals surface area contributed by atoms with Crippen molar-refractivity contribution in [3.05, 3.63) is 0 Å². The van der Waals surface area contributed by atoms with Crippen LogP contribution in [0.5, 0.6) is 0 Å². The van der Waals surface area contributed by atoms with Crippen molar-refractivity contribution in [2.24, 2.45) is 5.73 Å². The zero-order valence-corrected chi connectivity index (χ0v) is 13.5. The van der Waals surface area contributed by atoms with Gasteiger partial charge in [-0.05, 0) is 39.8 Å². The highest BCUT2D eigenvalue weighted by molar-refractivity contribution is 7.86. The molecule has 6 nitrogen and oxygen atoms in total. The van der Waals surface area contributed by atoms with Gasteiger partial charge in [-0.15, -0.1) is 0 Å². The highest BCUT2D eigenvalue weighted by Gasteiger charge is 2.41. The number of piperidine rings is 1. The maximum absolute atomic E-state index is 12.9. The first kappa shape index (κ1) is 16.2. The summed E-state index contributed by atoms with van der Waals surface area (Å²) in [5.41, 5.74) is 5.77. The Balaban J connectivity index is 2.15. The first-order valence-corrected chi connectivity index (χ1v) is 9.00. The molecule has 0 aromatic rings. The van der Waals surface area contributed by atoms with Crippen molar-refractivity contribution in [2.75, 3.05) is 40.3 Å². The summed E-state index contributed by atoms with van der Waals surface area (Å²) in [6, 6.07) is 0.0877. The fourth-order valence-electron chi connectivity index (χ4n) is 3.36. The second-order valence-electron chi connectivity index (χ2n) is 6.17. The van der Waals surface area contributed by atoms with Crippen LogP contribution in [0.1, 0.15) is 32.1 Å². The van der Waals surface area contributed by atoms with Crippen molar-refractivity contribution in [3.63, 3.8) is 0 Å². The second kappa shape index (κ2) is 6.70. The van der Waals surface area contributed by atoms with E-state index in [4.69, 9.17) is 5.73 Å². The van der Waals surface area contributed by atoms with Gasteiger partial charge in [-0.2, -0.15) is 17.0 Å². The zero-order chi connectivity index (χ0) is 14.8. The highest BCUT2D eigenvalue weighted by Crippen LogP contribution is 2.28. The largest absolute Gasteiger partial charge is 0.329 e. The fraction of sp³-hybridized carbons (Fsp3) is 1.00. The van der Waals surface area contributed by atoms with Gasteiger partial charge in [-0.1, -0.05) is 6.42 Å². The Morgan fingerprint density at radius 3 is 2.30 bits per heavy atom. The van der Waals surface area contributed by atoms with Crippen molar-refractivity contribution in [1.29, 1.82) is 0 Å². The number of nitrogens with two attached hydrogens (primary N) is 1. The van der Waals surface area contributed by atoms with E-state index in [1.165, 1.54) is 0 Å². The number of hydrogen-bond donors (Lipinski definition) is 1. The van der Waals surface area contributed by atoms with Crippen LogP contribution < -0.4 is 5.73 Å². The van der Waals surface area contributed by atoms with Gasteiger partial charge in [0.25, 0.3) is 10.2 Å². The smallest absolute Gasteiger partial charge is 0.282 e. The lowest BCUT2D eigenvalue weighted by Gasteiger charge is -2.38. The van der Waals surface area contributed by atoms with Crippen molar-refractivity contribution < 1.29 is 8.42 Å². The van der Waals surface area contributed by atoms with E-state index in [0.29, 0.717) is 19.6 Å². The number of likely N-dealkylation sites (N-methyl/N-ethyl adjacent to an activating group) is 1. The number of hydrogen-bond acceptors (Lipinski definition) is 4. The van der Waals surface area contributed by atoms with Gasteiger partial charge in [0.15, 0.2) is 0 Å². The maximum atomic E-state index is 12.9. The Morgan fingerprint density at radius 2 is 1.65 bits per heavy atom. The molecule has 2 N–H and O–H groups in total. The second-order valence-corrected chi connectivity index (χ2v) is 8.01. The molecule has 2 atom stereocenters. The van der Waals surface area contributed by atoms with Gasteiger partial charge in [0.05, 0.1) is 0 Å². The van der Waals surface area contributed by atoms with Gasteiger partial charge in [0.1, 0.15) is 0 Å². The van der Waals surface area contributed by atoms with Crippen molar-refractivity contribution in [3.8, 4) is 0 Å².